The summed E-state index contributed by atoms with van der Waals surface area (Å²) < 4.78 is 6.44. The van der Waals surface area contributed by atoms with Crippen LogP contribution in [0.15, 0.2) is 71.6 Å². The molecule has 3 aromatic carbocycles. The fourth-order valence-corrected chi connectivity index (χ4v) is 5.03. The average Bonchev–Trinajstić information content (AvgIpc) is 3.27. The number of carbonyl (C=O) groups excluding carboxylic acids is 2. The van der Waals surface area contributed by atoms with Crippen molar-refractivity contribution in [2.75, 3.05) is 17.2 Å². The third-order valence-electron chi connectivity index (χ3n) is 5.01. The number of rotatable bonds is 9. The molecule has 9 nitrogen and oxygen atoms in total. The van der Waals surface area contributed by atoms with Crippen LogP contribution in [-0.2, 0) is 4.79 Å². The zero-order valence-electron chi connectivity index (χ0n) is 19.4. The van der Waals surface area contributed by atoms with Gasteiger partial charge < -0.3 is 15.4 Å². The minimum atomic E-state index is -0.546. The largest absolute Gasteiger partial charge is 0.494 e. The van der Waals surface area contributed by atoms with Gasteiger partial charge in [0.15, 0.2) is 5.13 Å². The molecular formula is C25H22N4O5S2. The van der Waals surface area contributed by atoms with E-state index < -0.39 is 10.8 Å². The highest BCUT2D eigenvalue weighted by atomic mass is 32.2. The van der Waals surface area contributed by atoms with E-state index in [0.717, 1.165) is 20.9 Å². The van der Waals surface area contributed by atoms with Crippen LogP contribution in [0.2, 0.25) is 0 Å². The molecule has 0 spiro atoms. The van der Waals surface area contributed by atoms with Crippen LogP contribution in [0.25, 0.3) is 10.2 Å². The van der Waals surface area contributed by atoms with Gasteiger partial charge >= 0.3 is 0 Å². The second kappa shape index (κ2) is 11.2. The van der Waals surface area contributed by atoms with E-state index in [2.05, 4.69) is 15.6 Å². The van der Waals surface area contributed by atoms with E-state index in [-0.39, 0.29) is 22.4 Å². The molecule has 1 aromatic heterocycles. The van der Waals surface area contributed by atoms with E-state index in [1.54, 1.807) is 31.2 Å². The topological polar surface area (TPSA) is 123 Å². The van der Waals surface area contributed by atoms with Gasteiger partial charge in [0, 0.05) is 28.3 Å². The molecule has 4 rings (SSSR count). The SMILES string of the molecule is CCOc1ccc2nc(NC(=O)C(C)Sc3ccc(NC(=O)c4cccc([N+](=O)[O-])c4)cc3)sc2c1. The fraction of sp³-hybridized carbons (Fsp3) is 0.160. The maximum absolute atomic E-state index is 12.7. The van der Waals surface area contributed by atoms with E-state index in [1.807, 2.05) is 25.1 Å². The van der Waals surface area contributed by atoms with Crippen LogP contribution in [0, 0.1) is 10.1 Å². The third-order valence-corrected chi connectivity index (χ3v) is 7.06. The maximum atomic E-state index is 12.7. The van der Waals surface area contributed by atoms with Crippen molar-refractivity contribution in [3.8, 4) is 5.75 Å². The van der Waals surface area contributed by atoms with E-state index >= 15 is 0 Å². The summed E-state index contributed by atoms with van der Waals surface area (Å²) in [7, 11) is 0. The molecule has 0 saturated heterocycles. The highest BCUT2D eigenvalue weighted by molar-refractivity contribution is 8.00. The molecule has 36 heavy (non-hydrogen) atoms. The van der Waals surface area contributed by atoms with E-state index in [4.69, 9.17) is 4.74 Å². The van der Waals surface area contributed by atoms with Gasteiger partial charge in [-0.1, -0.05) is 17.4 Å². The summed E-state index contributed by atoms with van der Waals surface area (Å²) >= 11 is 2.76. The van der Waals surface area contributed by atoms with E-state index in [1.165, 1.54) is 47.4 Å². The van der Waals surface area contributed by atoms with Crippen molar-refractivity contribution in [2.45, 2.75) is 24.0 Å². The molecule has 0 aliphatic rings. The molecule has 0 saturated carbocycles. The van der Waals surface area contributed by atoms with Gasteiger partial charge in [0.05, 0.1) is 27.0 Å². The smallest absolute Gasteiger partial charge is 0.270 e. The molecule has 1 atom stereocenters. The molecule has 0 bridgehead atoms. The number of carbonyl (C=O) groups is 2. The lowest BCUT2D eigenvalue weighted by Crippen LogP contribution is -2.22. The first-order valence-electron chi connectivity index (χ1n) is 11.0. The number of hydrogen-bond donors (Lipinski definition) is 2. The number of thioether (sulfide) groups is 1. The number of fused-ring (bicyclic) bond motifs is 1. The van der Waals surface area contributed by atoms with Crippen LogP contribution in [-0.4, -0.2) is 33.6 Å². The zero-order chi connectivity index (χ0) is 25.7. The number of anilines is 2. The van der Waals surface area contributed by atoms with Gasteiger partial charge in [0.1, 0.15) is 5.75 Å². The monoisotopic (exact) mass is 522 g/mol. The van der Waals surface area contributed by atoms with Crippen molar-refractivity contribution in [1.29, 1.82) is 0 Å². The minimum Gasteiger partial charge on any atom is -0.494 e. The Morgan fingerprint density at radius 3 is 2.61 bits per heavy atom. The predicted molar refractivity (Wildman–Crippen MR) is 142 cm³/mol. The standard InChI is InChI=1S/C25H22N4O5S2/c1-3-34-19-9-12-21-22(14-19)36-25(27-21)28-23(30)15(2)35-20-10-7-17(8-11-20)26-24(31)16-5-4-6-18(13-16)29(32)33/h4-15H,3H2,1-2H3,(H,26,31)(H,27,28,30). The van der Waals surface area contributed by atoms with Crippen LogP contribution in [0.1, 0.15) is 24.2 Å². The third kappa shape index (κ3) is 6.18. The molecule has 4 aromatic rings. The van der Waals surface area contributed by atoms with Crippen molar-refractivity contribution < 1.29 is 19.2 Å². The minimum absolute atomic E-state index is 0.150. The van der Waals surface area contributed by atoms with Crippen molar-refractivity contribution in [3.05, 3.63) is 82.4 Å². The van der Waals surface area contributed by atoms with Crippen LogP contribution in [0.5, 0.6) is 5.75 Å². The van der Waals surface area contributed by atoms with E-state index in [9.17, 15) is 19.7 Å². The molecule has 1 heterocycles. The summed E-state index contributed by atoms with van der Waals surface area (Å²) in [6, 6.07) is 18.2. The number of non-ortho nitro benzene ring substituents is 1. The molecular weight excluding hydrogens is 500 g/mol. The maximum Gasteiger partial charge on any atom is 0.270 e. The van der Waals surface area contributed by atoms with Crippen LogP contribution in [0.4, 0.5) is 16.5 Å². The number of hydrogen-bond acceptors (Lipinski definition) is 8. The molecule has 2 N–H and O–H groups in total. The number of nitro benzene ring substituents is 1. The summed E-state index contributed by atoms with van der Waals surface area (Å²) in [5.41, 5.74) is 1.37. The fourth-order valence-electron chi connectivity index (χ4n) is 3.26. The van der Waals surface area contributed by atoms with Crippen molar-refractivity contribution in [2.24, 2.45) is 0 Å². The Hall–Kier alpha value is -3.96. The zero-order valence-corrected chi connectivity index (χ0v) is 21.0. The molecule has 0 aliphatic heterocycles. The predicted octanol–water partition coefficient (Wildman–Crippen LogP) is 5.97. The van der Waals surface area contributed by atoms with Crippen LogP contribution >= 0.6 is 23.1 Å². The van der Waals surface area contributed by atoms with E-state index in [0.29, 0.717) is 17.4 Å². The first kappa shape index (κ1) is 25.1. The van der Waals surface area contributed by atoms with Crippen LogP contribution < -0.4 is 15.4 Å². The Bertz CT molecular complexity index is 1420. The van der Waals surface area contributed by atoms with Gasteiger partial charge in [-0.15, -0.1) is 11.8 Å². The summed E-state index contributed by atoms with van der Waals surface area (Å²) in [5, 5.41) is 16.6. The molecule has 1 unspecified atom stereocenters. The number of thiazole rings is 1. The number of aromatic nitrogens is 1. The molecule has 0 radical (unpaired) electrons. The van der Waals surface area contributed by atoms with Crippen molar-refractivity contribution in [3.63, 3.8) is 0 Å². The highest BCUT2D eigenvalue weighted by Crippen LogP contribution is 2.31. The Labute approximate surface area is 215 Å². The van der Waals surface area contributed by atoms with Gasteiger partial charge in [-0.05, 0) is 62.4 Å². The summed E-state index contributed by atoms with van der Waals surface area (Å²) in [4.78, 5) is 40.8. The molecule has 184 valence electrons. The summed E-state index contributed by atoms with van der Waals surface area (Å²) in [6.07, 6.45) is 0. The second-order valence-electron chi connectivity index (χ2n) is 7.62. The number of benzene rings is 3. The molecule has 0 fully saturated rings. The van der Waals surface area contributed by atoms with Gasteiger partial charge in [-0.2, -0.15) is 0 Å². The summed E-state index contributed by atoms with van der Waals surface area (Å²) in [6.45, 7) is 4.30. The van der Waals surface area contributed by atoms with Gasteiger partial charge in [0.2, 0.25) is 5.91 Å². The Kier molecular flexibility index (Phi) is 7.81. The lowest BCUT2D eigenvalue weighted by atomic mass is 10.2. The molecule has 11 heteroatoms. The van der Waals surface area contributed by atoms with Gasteiger partial charge in [-0.25, -0.2) is 4.98 Å². The summed E-state index contributed by atoms with van der Waals surface area (Å²) in [5.74, 6) is 0.142. The number of nitrogens with zero attached hydrogens (tertiary/aromatic N) is 2. The average molecular weight is 523 g/mol. The lowest BCUT2D eigenvalue weighted by molar-refractivity contribution is -0.384. The first-order chi connectivity index (χ1) is 17.3. The number of nitrogens with one attached hydrogen (secondary N) is 2. The number of amides is 2. The lowest BCUT2D eigenvalue weighted by Gasteiger charge is -2.11. The Balaban J connectivity index is 1.34. The molecule has 2 amide bonds. The van der Waals surface area contributed by atoms with Crippen LogP contribution in [0.3, 0.4) is 0 Å². The Morgan fingerprint density at radius 1 is 1.11 bits per heavy atom. The second-order valence-corrected chi connectivity index (χ2v) is 10.1. The van der Waals surface area contributed by atoms with Crippen molar-refractivity contribution in [1.82, 2.24) is 4.98 Å². The first-order valence-corrected chi connectivity index (χ1v) is 12.7. The van der Waals surface area contributed by atoms with Gasteiger partial charge in [0.25, 0.3) is 11.6 Å². The number of nitro groups is 1. The Morgan fingerprint density at radius 2 is 1.89 bits per heavy atom. The quantitative estimate of drug-likeness (QED) is 0.158. The number of ether oxygens (including phenoxy) is 1. The molecule has 0 aliphatic carbocycles. The van der Waals surface area contributed by atoms with Crippen molar-refractivity contribution >= 4 is 61.6 Å². The highest BCUT2D eigenvalue weighted by Gasteiger charge is 2.17. The normalized spacial score (nSPS) is 11.6. The van der Waals surface area contributed by atoms with Gasteiger partial charge in [-0.3, -0.25) is 19.7 Å².